The van der Waals surface area contributed by atoms with Crippen molar-refractivity contribution in [2.45, 2.75) is 17.9 Å². The molecular formula is C13H17NO6S. The van der Waals surface area contributed by atoms with Gasteiger partial charge in [-0.3, -0.25) is 0 Å². The van der Waals surface area contributed by atoms with Crippen LogP contribution in [0.3, 0.4) is 0 Å². The number of benzene rings is 1. The molecule has 0 spiro atoms. The van der Waals surface area contributed by atoms with E-state index in [4.69, 9.17) is 14.6 Å². The number of carboxylic acid groups (broad SMARTS) is 1. The molecule has 1 aliphatic heterocycles. The summed E-state index contributed by atoms with van der Waals surface area (Å²) in [5.41, 5.74) is 0.696. The smallest absolute Gasteiger partial charge is 0.334 e. The lowest BCUT2D eigenvalue weighted by Gasteiger charge is -2.30. The number of rotatable bonds is 4. The fourth-order valence-electron chi connectivity index (χ4n) is 2.15. The number of aryl methyl sites for hydroxylation is 1. The summed E-state index contributed by atoms with van der Waals surface area (Å²) in [7, 11) is -2.23. The standard InChI is InChI=1S/C13H17NO6S/c1-9-7-10(3-4-11(9)19-2)21(17,18)14-5-6-20-12(8-14)13(15)16/h3-4,7,12H,5-6,8H2,1-2H3,(H,15,16). The van der Waals surface area contributed by atoms with Crippen LogP contribution in [0.15, 0.2) is 23.1 Å². The molecule has 1 N–H and O–H groups in total. The molecule has 1 unspecified atom stereocenters. The van der Waals surface area contributed by atoms with Crippen LogP contribution >= 0.6 is 0 Å². The second-order valence-corrected chi connectivity index (χ2v) is 6.63. The monoisotopic (exact) mass is 315 g/mol. The number of hydrogen-bond acceptors (Lipinski definition) is 5. The minimum absolute atomic E-state index is 0.0608. The number of nitrogens with zero attached hydrogens (tertiary/aromatic N) is 1. The third-order valence-corrected chi connectivity index (χ3v) is 5.17. The van der Waals surface area contributed by atoms with E-state index >= 15 is 0 Å². The highest BCUT2D eigenvalue weighted by Crippen LogP contribution is 2.24. The van der Waals surface area contributed by atoms with Crippen molar-refractivity contribution in [1.29, 1.82) is 0 Å². The third kappa shape index (κ3) is 3.17. The molecule has 1 atom stereocenters. The maximum atomic E-state index is 12.5. The van der Waals surface area contributed by atoms with Crippen molar-refractivity contribution in [2.75, 3.05) is 26.8 Å². The van der Waals surface area contributed by atoms with Crippen LogP contribution < -0.4 is 4.74 Å². The molecule has 0 bridgehead atoms. The molecule has 1 heterocycles. The van der Waals surface area contributed by atoms with Crippen LogP contribution in [-0.4, -0.2) is 56.7 Å². The third-order valence-electron chi connectivity index (χ3n) is 3.31. The van der Waals surface area contributed by atoms with E-state index in [9.17, 15) is 13.2 Å². The van der Waals surface area contributed by atoms with Crippen molar-refractivity contribution in [3.05, 3.63) is 23.8 Å². The van der Waals surface area contributed by atoms with E-state index in [1.807, 2.05) is 0 Å². The van der Waals surface area contributed by atoms with Gasteiger partial charge in [0.1, 0.15) is 5.75 Å². The number of morpholine rings is 1. The summed E-state index contributed by atoms with van der Waals surface area (Å²) in [5.74, 6) is -0.569. The minimum Gasteiger partial charge on any atom is -0.496 e. The molecule has 1 aromatic rings. The van der Waals surface area contributed by atoms with Crippen LogP contribution in [0.4, 0.5) is 0 Å². The van der Waals surface area contributed by atoms with Crippen molar-refractivity contribution in [1.82, 2.24) is 4.31 Å². The second kappa shape index (κ2) is 6.00. The van der Waals surface area contributed by atoms with Gasteiger partial charge < -0.3 is 14.6 Å². The van der Waals surface area contributed by atoms with Gasteiger partial charge in [0.25, 0.3) is 0 Å². The molecule has 2 rings (SSSR count). The Morgan fingerprint density at radius 1 is 1.48 bits per heavy atom. The first-order chi connectivity index (χ1) is 9.86. The first-order valence-corrected chi connectivity index (χ1v) is 7.79. The van der Waals surface area contributed by atoms with E-state index in [1.165, 1.54) is 19.2 Å². The van der Waals surface area contributed by atoms with Crippen molar-refractivity contribution >= 4 is 16.0 Å². The van der Waals surface area contributed by atoms with E-state index in [1.54, 1.807) is 13.0 Å². The zero-order chi connectivity index (χ0) is 15.6. The Morgan fingerprint density at radius 3 is 2.76 bits per heavy atom. The normalized spacial score (nSPS) is 20.2. The number of hydrogen-bond donors (Lipinski definition) is 1. The van der Waals surface area contributed by atoms with Crippen LogP contribution in [0.1, 0.15) is 5.56 Å². The number of carboxylic acids is 1. The Morgan fingerprint density at radius 2 is 2.19 bits per heavy atom. The lowest BCUT2D eigenvalue weighted by Crippen LogP contribution is -2.48. The highest BCUT2D eigenvalue weighted by atomic mass is 32.2. The van der Waals surface area contributed by atoms with Crippen LogP contribution in [0, 0.1) is 6.92 Å². The molecule has 7 nitrogen and oxygen atoms in total. The van der Waals surface area contributed by atoms with Crippen LogP contribution in [0.25, 0.3) is 0 Å². The molecule has 0 radical (unpaired) electrons. The van der Waals surface area contributed by atoms with Crippen molar-refractivity contribution < 1.29 is 27.8 Å². The lowest BCUT2D eigenvalue weighted by atomic mass is 10.2. The topological polar surface area (TPSA) is 93.1 Å². The maximum Gasteiger partial charge on any atom is 0.334 e. The van der Waals surface area contributed by atoms with Crippen LogP contribution in [0.5, 0.6) is 5.75 Å². The second-order valence-electron chi connectivity index (χ2n) is 4.69. The highest BCUT2D eigenvalue weighted by molar-refractivity contribution is 7.89. The fraction of sp³-hybridized carbons (Fsp3) is 0.462. The largest absolute Gasteiger partial charge is 0.496 e. The zero-order valence-corrected chi connectivity index (χ0v) is 12.6. The molecule has 0 saturated carbocycles. The Labute approximate surface area is 123 Å². The van der Waals surface area contributed by atoms with E-state index in [0.717, 1.165) is 4.31 Å². The molecule has 0 aromatic heterocycles. The van der Waals surface area contributed by atoms with Gasteiger partial charge in [0.2, 0.25) is 10.0 Å². The Balaban J connectivity index is 2.29. The predicted octanol–water partition coefficient (Wildman–Crippen LogP) is 0.478. The Bertz CT molecular complexity index is 642. The quantitative estimate of drug-likeness (QED) is 0.868. The highest BCUT2D eigenvalue weighted by Gasteiger charge is 2.34. The number of carbonyl (C=O) groups is 1. The zero-order valence-electron chi connectivity index (χ0n) is 11.8. The molecule has 0 aliphatic carbocycles. The van der Waals surface area contributed by atoms with Gasteiger partial charge in [-0.2, -0.15) is 4.31 Å². The maximum absolute atomic E-state index is 12.5. The summed E-state index contributed by atoms with van der Waals surface area (Å²) < 4.78 is 36.4. The molecular weight excluding hydrogens is 298 g/mol. The fourth-order valence-corrected chi connectivity index (χ4v) is 3.66. The summed E-state index contributed by atoms with van der Waals surface area (Å²) in [4.78, 5) is 11.1. The van der Waals surface area contributed by atoms with E-state index in [0.29, 0.717) is 11.3 Å². The summed E-state index contributed by atoms with van der Waals surface area (Å²) in [5, 5.41) is 8.94. The Hall–Kier alpha value is -1.64. The average molecular weight is 315 g/mol. The van der Waals surface area contributed by atoms with E-state index in [-0.39, 0.29) is 24.6 Å². The molecule has 21 heavy (non-hydrogen) atoms. The number of aliphatic carboxylic acids is 1. The van der Waals surface area contributed by atoms with E-state index in [2.05, 4.69) is 0 Å². The summed E-state index contributed by atoms with van der Waals surface area (Å²) in [6.45, 7) is 1.75. The Kier molecular flexibility index (Phi) is 4.50. The van der Waals surface area contributed by atoms with Gasteiger partial charge in [0.15, 0.2) is 6.10 Å². The van der Waals surface area contributed by atoms with Gasteiger partial charge in [0, 0.05) is 6.54 Å². The number of sulfonamides is 1. The van der Waals surface area contributed by atoms with Crippen molar-refractivity contribution in [2.24, 2.45) is 0 Å². The number of ether oxygens (including phenoxy) is 2. The first kappa shape index (κ1) is 15.7. The summed E-state index contributed by atoms with van der Waals surface area (Å²) in [6, 6.07) is 4.54. The van der Waals surface area contributed by atoms with Gasteiger partial charge in [-0.25, -0.2) is 13.2 Å². The molecule has 116 valence electrons. The van der Waals surface area contributed by atoms with Crippen molar-refractivity contribution in [3.8, 4) is 5.75 Å². The minimum atomic E-state index is -3.74. The molecule has 1 fully saturated rings. The molecule has 8 heteroatoms. The molecule has 1 aromatic carbocycles. The van der Waals surface area contributed by atoms with Gasteiger partial charge in [0.05, 0.1) is 25.2 Å². The number of methoxy groups -OCH3 is 1. The average Bonchev–Trinajstić information content (AvgIpc) is 2.47. The van der Waals surface area contributed by atoms with Crippen LogP contribution in [-0.2, 0) is 19.6 Å². The predicted molar refractivity (Wildman–Crippen MR) is 73.9 cm³/mol. The lowest BCUT2D eigenvalue weighted by molar-refractivity contribution is -0.153. The van der Waals surface area contributed by atoms with Gasteiger partial charge >= 0.3 is 5.97 Å². The summed E-state index contributed by atoms with van der Waals surface area (Å²) >= 11 is 0. The van der Waals surface area contributed by atoms with Gasteiger partial charge in [-0.05, 0) is 30.7 Å². The first-order valence-electron chi connectivity index (χ1n) is 6.35. The SMILES string of the molecule is COc1ccc(S(=O)(=O)N2CCOC(C(=O)O)C2)cc1C. The van der Waals surface area contributed by atoms with Gasteiger partial charge in [-0.15, -0.1) is 0 Å². The molecule has 1 saturated heterocycles. The molecule has 1 aliphatic rings. The van der Waals surface area contributed by atoms with Crippen LogP contribution in [0.2, 0.25) is 0 Å². The van der Waals surface area contributed by atoms with Crippen molar-refractivity contribution in [3.63, 3.8) is 0 Å². The van der Waals surface area contributed by atoms with E-state index < -0.39 is 22.1 Å². The summed E-state index contributed by atoms with van der Waals surface area (Å²) in [6.07, 6.45) is -1.13. The van der Waals surface area contributed by atoms with Gasteiger partial charge in [-0.1, -0.05) is 0 Å². The molecule has 0 amide bonds.